The summed E-state index contributed by atoms with van der Waals surface area (Å²) < 4.78 is 57.9. The van der Waals surface area contributed by atoms with Gasteiger partial charge in [0.15, 0.2) is 0 Å². The van der Waals surface area contributed by atoms with Gasteiger partial charge in [-0.15, -0.1) is 0 Å². The van der Waals surface area contributed by atoms with Crippen molar-refractivity contribution in [2.45, 2.75) is 50.2 Å². The number of sulfonamides is 1. The van der Waals surface area contributed by atoms with Crippen LogP contribution in [0.15, 0.2) is 108 Å². The van der Waals surface area contributed by atoms with Gasteiger partial charge in [-0.2, -0.15) is 0 Å². The lowest BCUT2D eigenvalue weighted by molar-refractivity contribution is -0.140. The van der Waals surface area contributed by atoms with E-state index in [0.717, 1.165) is 22.0 Å². The fourth-order valence-electron chi connectivity index (χ4n) is 4.71. The Balaban J connectivity index is 1.84. The molecule has 4 aromatic carbocycles. The molecule has 0 bridgehead atoms. The van der Waals surface area contributed by atoms with Gasteiger partial charge in [0.25, 0.3) is 10.0 Å². The first-order valence-electron chi connectivity index (χ1n) is 14.2. The quantitative estimate of drug-likeness (QED) is 0.204. The van der Waals surface area contributed by atoms with Crippen LogP contribution in [-0.2, 0) is 32.6 Å². The van der Waals surface area contributed by atoms with Crippen LogP contribution in [0.5, 0.6) is 0 Å². The van der Waals surface area contributed by atoms with Crippen LogP contribution >= 0.6 is 11.6 Å². The zero-order valence-corrected chi connectivity index (χ0v) is 26.7. The molecule has 0 aromatic heterocycles. The summed E-state index contributed by atoms with van der Waals surface area (Å²) in [6.07, 6.45) is 0.0662. The third kappa shape index (κ3) is 8.67. The van der Waals surface area contributed by atoms with Gasteiger partial charge < -0.3 is 10.2 Å². The summed E-state index contributed by atoms with van der Waals surface area (Å²) in [6.45, 7) is 4.26. The average Bonchev–Trinajstić information content (AvgIpc) is 3.00. The maximum atomic E-state index is 15.0. The number of nitrogens with zero attached hydrogens (tertiary/aromatic N) is 2. The molecule has 11 heteroatoms. The highest BCUT2D eigenvalue weighted by Crippen LogP contribution is 2.29. The highest BCUT2D eigenvalue weighted by molar-refractivity contribution is 7.92. The number of hydrogen-bond acceptors (Lipinski definition) is 4. The second kappa shape index (κ2) is 14.2. The van der Waals surface area contributed by atoms with Gasteiger partial charge in [-0.3, -0.25) is 13.9 Å². The fraction of sp³-hybridized carbons (Fsp3) is 0.235. The largest absolute Gasteiger partial charge is 0.350 e. The van der Waals surface area contributed by atoms with Crippen molar-refractivity contribution in [2.75, 3.05) is 10.8 Å². The summed E-state index contributed by atoms with van der Waals surface area (Å²) in [6, 6.07) is 24.4. The molecule has 0 heterocycles. The van der Waals surface area contributed by atoms with Crippen molar-refractivity contribution < 1.29 is 26.8 Å². The molecule has 1 N–H and O–H groups in total. The molecule has 1 atom stereocenters. The van der Waals surface area contributed by atoms with E-state index in [-0.39, 0.29) is 34.1 Å². The second-order valence-corrected chi connectivity index (χ2v) is 13.8. The summed E-state index contributed by atoms with van der Waals surface area (Å²) in [5, 5.41) is 2.57. The summed E-state index contributed by atoms with van der Waals surface area (Å²) in [7, 11) is -4.40. The highest BCUT2D eigenvalue weighted by Gasteiger charge is 2.36. The number of halogens is 3. The first-order chi connectivity index (χ1) is 21.3. The smallest absolute Gasteiger partial charge is 0.264 e. The third-order valence-corrected chi connectivity index (χ3v) is 8.95. The molecular formula is C34H34ClF2N3O4S. The molecule has 0 fully saturated rings. The van der Waals surface area contributed by atoms with Crippen LogP contribution in [0.4, 0.5) is 14.5 Å². The van der Waals surface area contributed by atoms with Crippen molar-refractivity contribution in [3.05, 3.63) is 131 Å². The normalized spacial score (nSPS) is 12.3. The topological polar surface area (TPSA) is 86.8 Å². The van der Waals surface area contributed by atoms with Crippen molar-refractivity contribution in [2.24, 2.45) is 0 Å². The maximum Gasteiger partial charge on any atom is 0.264 e. The van der Waals surface area contributed by atoms with Crippen LogP contribution in [0.2, 0.25) is 5.02 Å². The van der Waals surface area contributed by atoms with E-state index >= 15 is 4.39 Å². The molecule has 0 saturated heterocycles. The number of anilines is 1. The Hall–Kier alpha value is -4.28. The molecule has 45 heavy (non-hydrogen) atoms. The molecule has 0 unspecified atom stereocenters. The van der Waals surface area contributed by atoms with Gasteiger partial charge >= 0.3 is 0 Å². The Labute approximate surface area is 267 Å². The molecule has 4 rings (SSSR count). The molecule has 236 valence electrons. The fourth-order valence-corrected chi connectivity index (χ4v) is 6.31. The second-order valence-electron chi connectivity index (χ2n) is 11.5. The zero-order valence-electron chi connectivity index (χ0n) is 25.1. The Morgan fingerprint density at radius 2 is 1.44 bits per heavy atom. The molecule has 0 aliphatic heterocycles. The van der Waals surface area contributed by atoms with Crippen molar-refractivity contribution in [3.8, 4) is 0 Å². The van der Waals surface area contributed by atoms with Crippen molar-refractivity contribution in [1.29, 1.82) is 0 Å². The molecule has 0 aliphatic rings. The van der Waals surface area contributed by atoms with Gasteiger partial charge in [-0.1, -0.05) is 78.3 Å². The minimum Gasteiger partial charge on any atom is -0.350 e. The van der Waals surface area contributed by atoms with Crippen LogP contribution < -0.4 is 9.62 Å². The molecular weight excluding hydrogens is 620 g/mol. The van der Waals surface area contributed by atoms with E-state index in [1.807, 2.05) is 6.07 Å². The lowest BCUT2D eigenvalue weighted by atomic mass is 10.0. The Bertz CT molecular complexity index is 1750. The number of carbonyl (C=O) groups excluding carboxylic acids is 2. The molecule has 0 saturated carbocycles. The van der Waals surface area contributed by atoms with E-state index in [4.69, 9.17) is 11.6 Å². The van der Waals surface area contributed by atoms with Crippen molar-refractivity contribution >= 4 is 39.1 Å². The first-order valence-corrected chi connectivity index (χ1v) is 16.0. The number of amides is 2. The lowest BCUT2D eigenvalue weighted by Gasteiger charge is -2.35. The Kier molecular flexibility index (Phi) is 10.6. The number of benzene rings is 4. The van der Waals surface area contributed by atoms with Crippen LogP contribution in [-0.4, -0.2) is 43.3 Å². The van der Waals surface area contributed by atoms with Crippen LogP contribution in [0.1, 0.15) is 31.9 Å². The number of nitrogens with one attached hydrogen (secondary N) is 1. The summed E-state index contributed by atoms with van der Waals surface area (Å²) in [5.41, 5.74) is 0.127. The number of hydrogen-bond donors (Lipinski definition) is 1. The van der Waals surface area contributed by atoms with Crippen LogP contribution in [0, 0.1) is 11.6 Å². The standard InChI is InChI=1S/C34H34ClF2N3O4S/c1-34(2,3)38-33(42)31(20-24-12-6-4-7-13-24)39(22-25-14-10-11-17-29(25)36)32(41)23-40(26-18-19-30(37)28(35)21-26)45(43,44)27-15-8-5-9-16-27/h4-19,21,31H,20,22-23H2,1-3H3,(H,38,42)/t31-/m0/s1. The minimum absolute atomic E-state index is 0.0662. The molecule has 0 radical (unpaired) electrons. The summed E-state index contributed by atoms with van der Waals surface area (Å²) in [4.78, 5) is 29.3. The Morgan fingerprint density at radius 1 is 0.844 bits per heavy atom. The molecule has 2 amide bonds. The van der Waals surface area contributed by atoms with Crippen LogP contribution in [0.3, 0.4) is 0 Å². The van der Waals surface area contributed by atoms with E-state index in [2.05, 4.69) is 5.32 Å². The molecule has 7 nitrogen and oxygen atoms in total. The van der Waals surface area contributed by atoms with Crippen LogP contribution in [0.25, 0.3) is 0 Å². The maximum absolute atomic E-state index is 15.0. The average molecular weight is 654 g/mol. The van der Waals surface area contributed by atoms with Crippen molar-refractivity contribution in [3.63, 3.8) is 0 Å². The molecule has 0 spiro atoms. The number of rotatable bonds is 11. The van der Waals surface area contributed by atoms with Gasteiger partial charge in [0.1, 0.15) is 24.2 Å². The van der Waals surface area contributed by atoms with E-state index in [0.29, 0.717) is 0 Å². The predicted molar refractivity (Wildman–Crippen MR) is 171 cm³/mol. The summed E-state index contributed by atoms with van der Waals surface area (Å²) >= 11 is 6.04. The predicted octanol–water partition coefficient (Wildman–Crippen LogP) is 6.37. The first kappa shape index (κ1) is 33.6. The van der Waals surface area contributed by atoms with Gasteiger partial charge in [-0.25, -0.2) is 17.2 Å². The van der Waals surface area contributed by atoms with Gasteiger partial charge in [0, 0.05) is 24.1 Å². The Morgan fingerprint density at radius 3 is 2.04 bits per heavy atom. The van der Waals surface area contributed by atoms with E-state index < -0.39 is 51.6 Å². The third-order valence-electron chi connectivity index (χ3n) is 6.87. The van der Waals surface area contributed by atoms with Crippen molar-refractivity contribution in [1.82, 2.24) is 10.2 Å². The molecule has 4 aromatic rings. The SMILES string of the molecule is CC(C)(C)NC(=O)[C@H](Cc1ccccc1)N(Cc1ccccc1F)C(=O)CN(c1ccc(F)c(Cl)c1)S(=O)(=O)c1ccccc1. The van der Waals surface area contributed by atoms with Gasteiger partial charge in [0.2, 0.25) is 11.8 Å². The van der Waals surface area contributed by atoms with E-state index in [9.17, 15) is 22.4 Å². The zero-order chi connectivity index (χ0) is 32.8. The minimum atomic E-state index is -4.40. The number of carbonyl (C=O) groups is 2. The molecule has 0 aliphatic carbocycles. The van der Waals surface area contributed by atoms with E-state index in [1.165, 1.54) is 53.4 Å². The van der Waals surface area contributed by atoms with E-state index in [1.54, 1.807) is 57.2 Å². The van der Waals surface area contributed by atoms with Gasteiger partial charge in [-0.05, 0) is 62.7 Å². The van der Waals surface area contributed by atoms with Gasteiger partial charge in [0.05, 0.1) is 15.6 Å². The highest BCUT2D eigenvalue weighted by atomic mass is 35.5. The lowest BCUT2D eigenvalue weighted by Crippen LogP contribution is -2.56. The monoisotopic (exact) mass is 653 g/mol. The summed E-state index contributed by atoms with van der Waals surface area (Å²) in [5.74, 6) is -2.66.